The zero-order valence-corrected chi connectivity index (χ0v) is 12.5. The fourth-order valence-corrected chi connectivity index (χ4v) is 2.91. The number of benzene rings is 1. The minimum absolute atomic E-state index is 0.501. The standard InChI is InChI=1S/C17H27NO/c1-4-15-5-7-16(8-6-15)13-17(19)9-11-18(12-10-17)14(2)3/h5-8,14,19H,4,9-13H2,1-3H3. The molecule has 0 unspecified atom stereocenters. The molecule has 0 radical (unpaired) electrons. The van der Waals surface area contributed by atoms with Gasteiger partial charge in [-0.25, -0.2) is 0 Å². The normalized spacial score (nSPS) is 19.8. The Balaban J connectivity index is 1.94. The van der Waals surface area contributed by atoms with Crippen LogP contribution in [0.2, 0.25) is 0 Å². The molecule has 2 nitrogen and oxygen atoms in total. The highest BCUT2D eigenvalue weighted by molar-refractivity contribution is 5.24. The van der Waals surface area contributed by atoms with Gasteiger partial charge in [-0.05, 0) is 44.2 Å². The topological polar surface area (TPSA) is 23.5 Å². The third-order valence-corrected chi connectivity index (χ3v) is 4.42. The van der Waals surface area contributed by atoms with Crippen LogP contribution in [0.5, 0.6) is 0 Å². The van der Waals surface area contributed by atoms with Crippen LogP contribution >= 0.6 is 0 Å². The Morgan fingerprint density at radius 3 is 2.11 bits per heavy atom. The zero-order chi connectivity index (χ0) is 13.9. The predicted molar refractivity (Wildman–Crippen MR) is 80.4 cm³/mol. The van der Waals surface area contributed by atoms with Crippen molar-refractivity contribution in [2.75, 3.05) is 13.1 Å². The van der Waals surface area contributed by atoms with E-state index < -0.39 is 5.60 Å². The Bertz CT molecular complexity index is 388. The molecule has 2 heteroatoms. The van der Waals surface area contributed by atoms with E-state index in [1.165, 1.54) is 11.1 Å². The van der Waals surface area contributed by atoms with E-state index in [0.29, 0.717) is 6.04 Å². The summed E-state index contributed by atoms with van der Waals surface area (Å²) in [6.07, 6.45) is 3.65. The lowest BCUT2D eigenvalue weighted by molar-refractivity contribution is -0.0271. The summed E-state index contributed by atoms with van der Waals surface area (Å²) in [6, 6.07) is 9.30. The summed E-state index contributed by atoms with van der Waals surface area (Å²) < 4.78 is 0. The second-order valence-corrected chi connectivity index (χ2v) is 6.20. The molecular weight excluding hydrogens is 234 g/mol. The first-order valence-electron chi connectivity index (χ1n) is 7.57. The maximum atomic E-state index is 10.7. The van der Waals surface area contributed by atoms with Gasteiger partial charge < -0.3 is 10.0 Å². The lowest BCUT2D eigenvalue weighted by atomic mass is 9.85. The maximum Gasteiger partial charge on any atom is 0.0712 e. The van der Waals surface area contributed by atoms with E-state index in [0.717, 1.165) is 38.8 Å². The molecule has 2 rings (SSSR count). The molecule has 1 aliphatic rings. The molecule has 19 heavy (non-hydrogen) atoms. The number of nitrogens with zero attached hydrogens (tertiary/aromatic N) is 1. The van der Waals surface area contributed by atoms with Gasteiger partial charge in [-0.2, -0.15) is 0 Å². The number of piperidine rings is 1. The molecule has 1 N–H and O–H groups in total. The minimum atomic E-state index is -0.501. The summed E-state index contributed by atoms with van der Waals surface area (Å²) in [6.45, 7) is 8.66. The van der Waals surface area contributed by atoms with Crippen LogP contribution in [0, 0.1) is 0 Å². The van der Waals surface area contributed by atoms with E-state index in [1.54, 1.807) is 0 Å². The van der Waals surface area contributed by atoms with Gasteiger partial charge in [-0.15, -0.1) is 0 Å². The van der Waals surface area contributed by atoms with Crippen LogP contribution in [0.1, 0.15) is 44.7 Å². The van der Waals surface area contributed by atoms with Crippen molar-refractivity contribution in [3.8, 4) is 0 Å². The summed E-state index contributed by atoms with van der Waals surface area (Å²) in [5.41, 5.74) is 2.13. The maximum absolute atomic E-state index is 10.7. The molecule has 1 saturated heterocycles. The lowest BCUT2D eigenvalue weighted by Crippen LogP contribution is -2.47. The minimum Gasteiger partial charge on any atom is -0.389 e. The molecular formula is C17H27NO. The summed E-state index contributed by atoms with van der Waals surface area (Å²) in [7, 11) is 0. The van der Waals surface area contributed by atoms with Crippen LogP contribution in [-0.4, -0.2) is 34.7 Å². The molecule has 0 aliphatic carbocycles. The molecule has 1 fully saturated rings. The number of aryl methyl sites for hydroxylation is 1. The Morgan fingerprint density at radius 1 is 1.11 bits per heavy atom. The van der Waals surface area contributed by atoms with Crippen LogP contribution in [0.25, 0.3) is 0 Å². The SMILES string of the molecule is CCc1ccc(CC2(O)CCN(C(C)C)CC2)cc1. The van der Waals surface area contributed by atoms with E-state index in [1.807, 2.05) is 0 Å². The molecule has 1 heterocycles. The van der Waals surface area contributed by atoms with E-state index in [9.17, 15) is 5.11 Å². The Labute approximate surface area is 117 Å². The van der Waals surface area contributed by atoms with Gasteiger partial charge in [0.15, 0.2) is 0 Å². The molecule has 106 valence electrons. The average molecular weight is 261 g/mol. The van der Waals surface area contributed by atoms with Crippen molar-refractivity contribution in [1.82, 2.24) is 4.90 Å². The number of likely N-dealkylation sites (tertiary alicyclic amines) is 1. The van der Waals surface area contributed by atoms with E-state index in [2.05, 4.69) is 49.9 Å². The van der Waals surface area contributed by atoms with Gasteiger partial charge in [0.2, 0.25) is 0 Å². The first-order chi connectivity index (χ1) is 9.02. The molecule has 0 amide bonds. The molecule has 0 aromatic heterocycles. The van der Waals surface area contributed by atoms with Crippen molar-refractivity contribution in [1.29, 1.82) is 0 Å². The van der Waals surface area contributed by atoms with Crippen LogP contribution in [0.4, 0.5) is 0 Å². The third-order valence-electron chi connectivity index (χ3n) is 4.42. The molecule has 0 bridgehead atoms. The van der Waals surface area contributed by atoms with Crippen LogP contribution in [0.15, 0.2) is 24.3 Å². The van der Waals surface area contributed by atoms with Crippen molar-refractivity contribution in [3.05, 3.63) is 35.4 Å². The largest absolute Gasteiger partial charge is 0.389 e. The van der Waals surface area contributed by atoms with Crippen molar-refractivity contribution in [3.63, 3.8) is 0 Å². The van der Waals surface area contributed by atoms with E-state index >= 15 is 0 Å². The number of hydrogen-bond acceptors (Lipinski definition) is 2. The Morgan fingerprint density at radius 2 is 1.63 bits per heavy atom. The van der Waals surface area contributed by atoms with Crippen molar-refractivity contribution < 1.29 is 5.11 Å². The van der Waals surface area contributed by atoms with Crippen molar-refractivity contribution in [2.45, 2.75) is 58.1 Å². The van der Waals surface area contributed by atoms with Gasteiger partial charge in [0, 0.05) is 25.6 Å². The van der Waals surface area contributed by atoms with Crippen LogP contribution in [-0.2, 0) is 12.8 Å². The summed E-state index contributed by atoms with van der Waals surface area (Å²) >= 11 is 0. The molecule has 0 atom stereocenters. The third kappa shape index (κ3) is 3.80. The fourth-order valence-electron chi connectivity index (χ4n) is 2.91. The highest BCUT2D eigenvalue weighted by atomic mass is 16.3. The van der Waals surface area contributed by atoms with Crippen LogP contribution in [0.3, 0.4) is 0 Å². The Kier molecular flexibility index (Phi) is 4.64. The monoisotopic (exact) mass is 261 g/mol. The first kappa shape index (κ1) is 14.5. The van der Waals surface area contributed by atoms with Gasteiger partial charge in [0.05, 0.1) is 5.60 Å². The number of aliphatic hydroxyl groups is 1. The van der Waals surface area contributed by atoms with Gasteiger partial charge in [-0.1, -0.05) is 31.2 Å². The highest BCUT2D eigenvalue weighted by Crippen LogP contribution is 2.27. The number of hydrogen-bond donors (Lipinski definition) is 1. The average Bonchev–Trinajstić information content (AvgIpc) is 2.40. The van der Waals surface area contributed by atoms with Gasteiger partial charge in [-0.3, -0.25) is 0 Å². The lowest BCUT2D eigenvalue weighted by Gasteiger charge is -2.40. The van der Waals surface area contributed by atoms with Crippen LogP contribution < -0.4 is 0 Å². The zero-order valence-electron chi connectivity index (χ0n) is 12.5. The smallest absolute Gasteiger partial charge is 0.0712 e. The molecule has 1 aromatic rings. The summed E-state index contributed by atoms with van der Waals surface area (Å²) in [5, 5.41) is 10.7. The number of rotatable bonds is 4. The van der Waals surface area contributed by atoms with Gasteiger partial charge in [0.25, 0.3) is 0 Å². The van der Waals surface area contributed by atoms with E-state index in [-0.39, 0.29) is 0 Å². The second-order valence-electron chi connectivity index (χ2n) is 6.20. The predicted octanol–water partition coefficient (Wildman–Crippen LogP) is 3.03. The summed E-state index contributed by atoms with van der Waals surface area (Å²) in [4.78, 5) is 2.45. The van der Waals surface area contributed by atoms with Crippen molar-refractivity contribution in [2.24, 2.45) is 0 Å². The van der Waals surface area contributed by atoms with Crippen molar-refractivity contribution >= 4 is 0 Å². The molecule has 1 aromatic carbocycles. The second kappa shape index (κ2) is 6.06. The summed E-state index contributed by atoms with van der Waals surface area (Å²) in [5.74, 6) is 0. The molecule has 0 spiro atoms. The van der Waals surface area contributed by atoms with Gasteiger partial charge in [0.1, 0.15) is 0 Å². The molecule has 1 aliphatic heterocycles. The molecule has 0 saturated carbocycles. The van der Waals surface area contributed by atoms with E-state index in [4.69, 9.17) is 0 Å². The van der Waals surface area contributed by atoms with Gasteiger partial charge >= 0.3 is 0 Å². The highest BCUT2D eigenvalue weighted by Gasteiger charge is 2.32. The first-order valence-corrected chi connectivity index (χ1v) is 7.57. The quantitative estimate of drug-likeness (QED) is 0.900. The Hall–Kier alpha value is -0.860. The fraction of sp³-hybridized carbons (Fsp3) is 0.647.